The molecule has 9 nitrogen and oxygen atoms in total. The largest absolute Gasteiger partial charge is 0.468 e. The first-order chi connectivity index (χ1) is 16.4. The van der Waals surface area contributed by atoms with Crippen molar-refractivity contribution in [1.82, 2.24) is 20.4 Å². The number of aromatic amines is 1. The minimum Gasteiger partial charge on any atom is -0.468 e. The van der Waals surface area contributed by atoms with Crippen molar-refractivity contribution in [3.05, 3.63) is 47.2 Å². The molecule has 0 saturated heterocycles. The second kappa shape index (κ2) is 9.16. The number of nitrogens with one attached hydrogen (secondary N) is 3. The third-order valence-electron chi connectivity index (χ3n) is 8.02. The van der Waals surface area contributed by atoms with Gasteiger partial charge in [-0.1, -0.05) is 56.4 Å². The topological polar surface area (TPSA) is 120 Å². The molecule has 2 atom stereocenters. The second-order valence-corrected chi connectivity index (χ2v) is 16.6. The fraction of sp³-hybridized carbons (Fsp3) is 0.560. The summed E-state index contributed by atoms with van der Waals surface area (Å²) in [4.78, 5) is 27.7. The maximum atomic E-state index is 13.4. The van der Waals surface area contributed by atoms with E-state index >= 15 is 0 Å². The predicted molar refractivity (Wildman–Crippen MR) is 136 cm³/mol. The number of nitrogens with zero attached hydrogens (tertiary/aromatic N) is 2. The van der Waals surface area contributed by atoms with Crippen LogP contribution < -0.4 is 10.6 Å². The first kappa shape index (κ1) is 25.6. The molecule has 10 heteroatoms. The van der Waals surface area contributed by atoms with Gasteiger partial charge >= 0.3 is 5.97 Å². The molecule has 2 heterocycles. The van der Waals surface area contributed by atoms with E-state index in [2.05, 4.69) is 40.5 Å². The SMILES string of the molecule is COC(=O)[C@@H](NC(O)N1Cc2c(NC(=O)C3([Si](C)(C)C)CCC3)n[nH]c2C1(C)C)c1ccccc1. The number of hydrogen-bond acceptors (Lipinski definition) is 7. The standard InChI is InChI=1S/C25H37N5O4Si/c1-24(2)19-17(20(29-28-19)27-22(32)25(13-10-14-25)35(4,5)6)15-30(24)23(33)26-18(21(31)34-3)16-11-8-7-9-12-16/h7-9,11-12,18,23,26,33H,10,13-15H2,1-6H3,(H2,27,28,29,32)/t18-,23?/m0/s1. The lowest BCUT2D eigenvalue weighted by atomic mass is 9.83. The molecule has 35 heavy (non-hydrogen) atoms. The Morgan fingerprint density at radius 2 is 1.86 bits per heavy atom. The number of amides is 1. The van der Waals surface area contributed by atoms with E-state index in [9.17, 15) is 14.7 Å². The van der Waals surface area contributed by atoms with E-state index in [-0.39, 0.29) is 10.9 Å². The van der Waals surface area contributed by atoms with Crippen LogP contribution in [0.1, 0.15) is 56.0 Å². The van der Waals surface area contributed by atoms with Crippen molar-refractivity contribution in [3.63, 3.8) is 0 Å². The summed E-state index contributed by atoms with van der Waals surface area (Å²) in [6.45, 7) is 11.0. The van der Waals surface area contributed by atoms with Crippen LogP contribution in [0.2, 0.25) is 24.7 Å². The Labute approximate surface area is 207 Å². The number of aromatic nitrogens is 2. The minimum atomic E-state index is -1.73. The number of aliphatic hydroxyl groups excluding tert-OH is 1. The summed E-state index contributed by atoms with van der Waals surface area (Å²) in [5.41, 5.74) is 1.75. The number of benzene rings is 1. The molecule has 1 unspecified atom stereocenters. The number of H-pyrrole nitrogens is 1. The Morgan fingerprint density at radius 1 is 1.20 bits per heavy atom. The zero-order valence-electron chi connectivity index (χ0n) is 21.4. The fourth-order valence-corrected chi connectivity index (χ4v) is 8.01. The first-order valence-electron chi connectivity index (χ1n) is 12.2. The molecular weight excluding hydrogens is 462 g/mol. The van der Waals surface area contributed by atoms with Gasteiger partial charge in [-0.25, -0.2) is 4.79 Å². The number of anilines is 1. The molecule has 1 aliphatic heterocycles. The summed E-state index contributed by atoms with van der Waals surface area (Å²) in [5, 5.41) is 24.6. The number of hydrogen-bond donors (Lipinski definition) is 4. The van der Waals surface area contributed by atoms with Gasteiger partial charge in [0.05, 0.1) is 26.4 Å². The maximum absolute atomic E-state index is 13.4. The van der Waals surface area contributed by atoms with Gasteiger partial charge in [-0.2, -0.15) is 5.10 Å². The number of aliphatic hydroxyl groups is 1. The Balaban J connectivity index is 1.54. The summed E-state index contributed by atoms with van der Waals surface area (Å²) in [6.07, 6.45) is 1.78. The Morgan fingerprint density at radius 3 is 2.40 bits per heavy atom. The van der Waals surface area contributed by atoms with E-state index in [0.29, 0.717) is 17.9 Å². The van der Waals surface area contributed by atoms with Crippen molar-refractivity contribution >= 4 is 25.8 Å². The average molecular weight is 500 g/mol. The van der Waals surface area contributed by atoms with Gasteiger partial charge in [0.2, 0.25) is 5.91 Å². The summed E-state index contributed by atoms with van der Waals surface area (Å²) < 4.78 is 4.98. The monoisotopic (exact) mass is 499 g/mol. The van der Waals surface area contributed by atoms with Gasteiger partial charge in [0.15, 0.2) is 12.2 Å². The molecule has 0 spiro atoms. The quantitative estimate of drug-likeness (QED) is 0.249. The van der Waals surface area contributed by atoms with Crippen LogP contribution in [0.4, 0.5) is 5.82 Å². The normalized spacial score (nSPS) is 20.4. The number of fused-ring (bicyclic) bond motifs is 1. The molecule has 4 N–H and O–H groups in total. The molecule has 0 radical (unpaired) electrons. The summed E-state index contributed by atoms with van der Waals surface area (Å²) in [6, 6.07) is 8.32. The molecule has 4 rings (SSSR count). The van der Waals surface area contributed by atoms with Crippen LogP contribution in [-0.2, 0) is 26.4 Å². The van der Waals surface area contributed by atoms with E-state index in [1.807, 2.05) is 49.1 Å². The van der Waals surface area contributed by atoms with Crippen molar-refractivity contribution in [2.24, 2.45) is 0 Å². The number of rotatable bonds is 8. The molecule has 1 aromatic heterocycles. The van der Waals surface area contributed by atoms with Crippen LogP contribution in [0.15, 0.2) is 30.3 Å². The van der Waals surface area contributed by atoms with Crippen molar-refractivity contribution in [2.75, 3.05) is 12.4 Å². The van der Waals surface area contributed by atoms with Crippen molar-refractivity contribution in [1.29, 1.82) is 0 Å². The van der Waals surface area contributed by atoms with Gasteiger partial charge in [0.25, 0.3) is 0 Å². The van der Waals surface area contributed by atoms with E-state index in [4.69, 9.17) is 4.74 Å². The Bertz CT molecular complexity index is 1090. The van der Waals surface area contributed by atoms with Gasteiger partial charge in [-0.15, -0.1) is 0 Å². The average Bonchev–Trinajstić information content (AvgIpc) is 3.28. The van der Waals surface area contributed by atoms with Gasteiger partial charge < -0.3 is 15.2 Å². The van der Waals surface area contributed by atoms with Crippen molar-refractivity contribution in [3.8, 4) is 0 Å². The van der Waals surface area contributed by atoms with Gasteiger partial charge in [-0.3, -0.25) is 20.1 Å². The van der Waals surface area contributed by atoms with Crippen LogP contribution in [0.25, 0.3) is 0 Å². The molecule has 2 aliphatic rings. The Kier molecular flexibility index (Phi) is 6.69. The lowest BCUT2D eigenvalue weighted by molar-refractivity contribution is -0.148. The first-order valence-corrected chi connectivity index (χ1v) is 15.7. The van der Waals surface area contributed by atoms with Crippen LogP contribution in [0.5, 0.6) is 0 Å². The number of ether oxygens (including phenoxy) is 1. The van der Waals surface area contributed by atoms with Crippen molar-refractivity contribution in [2.45, 2.75) is 82.3 Å². The molecule has 0 bridgehead atoms. The molecule has 1 aromatic carbocycles. The van der Waals surface area contributed by atoms with E-state index < -0.39 is 32.0 Å². The molecule has 1 amide bonds. The molecule has 2 aromatic rings. The predicted octanol–water partition coefficient (Wildman–Crippen LogP) is 3.44. The van der Waals surface area contributed by atoms with E-state index in [0.717, 1.165) is 30.5 Å². The number of carbonyl (C=O) groups is 2. The summed E-state index contributed by atoms with van der Waals surface area (Å²) in [5.74, 6) is 0.0874. The Hall–Kier alpha value is -2.53. The van der Waals surface area contributed by atoms with Gasteiger partial charge in [0.1, 0.15) is 6.04 Å². The maximum Gasteiger partial charge on any atom is 0.327 e. The highest BCUT2D eigenvalue weighted by Gasteiger charge is 2.54. The van der Waals surface area contributed by atoms with Crippen LogP contribution in [-0.4, -0.2) is 53.6 Å². The van der Waals surface area contributed by atoms with Crippen molar-refractivity contribution < 1.29 is 19.4 Å². The highest BCUT2D eigenvalue weighted by Crippen LogP contribution is 2.56. The third kappa shape index (κ3) is 4.33. The zero-order chi connectivity index (χ0) is 25.6. The lowest BCUT2D eigenvalue weighted by Gasteiger charge is -2.48. The number of esters is 1. The zero-order valence-corrected chi connectivity index (χ0v) is 22.4. The van der Waals surface area contributed by atoms with Gasteiger partial charge in [0, 0.05) is 17.1 Å². The van der Waals surface area contributed by atoms with E-state index in [1.54, 1.807) is 0 Å². The molecule has 1 aliphatic carbocycles. The molecule has 190 valence electrons. The molecule has 1 fully saturated rings. The highest BCUT2D eigenvalue weighted by molar-refractivity contribution is 6.83. The van der Waals surface area contributed by atoms with Gasteiger partial charge in [-0.05, 0) is 32.3 Å². The molecular formula is C25H37N5O4Si. The fourth-order valence-electron chi connectivity index (χ4n) is 5.41. The van der Waals surface area contributed by atoms with Crippen LogP contribution >= 0.6 is 0 Å². The smallest absolute Gasteiger partial charge is 0.327 e. The van der Waals surface area contributed by atoms with Crippen LogP contribution in [0.3, 0.4) is 0 Å². The molecule has 1 saturated carbocycles. The number of carbonyl (C=O) groups excluding carboxylic acids is 2. The third-order valence-corrected chi connectivity index (χ3v) is 11.6. The lowest BCUT2D eigenvalue weighted by Crippen LogP contribution is -2.53. The van der Waals surface area contributed by atoms with E-state index in [1.165, 1.54) is 7.11 Å². The van der Waals surface area contributed by atoms with Crippen LogP contribution in [0, 0.1) is 0 Å². The number of methoxy groups -OCH3 is 1. The summed E-state index contributed by atoms with van der Waals surface area (Å²) >= 11 is 0. The summed E-state index contributed by atoms with van der Waals surface area (Å²) in [7, 11) is -0.399. The second-order valence-electron chi connectivity index (χ2n) is 11.2. The minimum absolute atomic E-state index is 0.0574. The highest BCUT2D eigenvalue weighted by atomic mass is 28.3.